The number of benzene rings is 2. The van der Waals surface area contributed by atoms with Gasteiger partial charge in [0.05, 0.1) is 10.6 Å². The summed E-state index contributed by atoms with van der Waals surface area (Å²) in [5, 5.41) is 0. The zero-order valence-corrected chi connectivity index (χ0v) is 15.8. The van der Waals surface area contributed by atoms with Crippen LogP contribution in [-0.4, -0.2) is 38.9 Å². The van der Waals surface area contributed by atoms with Crippen molar-refractivity contribution in [2.75, 3.05) is 23.9 Å². The van der Waals surface area contributed by atoms with E-state index in [4.69, 9.17) is 0 Å². The maximum atomic E-state index is 13.3. The van der Waals surface area contributed by atoms with Crippen LogP contribution in [0.25, 0.3) is 0 Å². The number of hydrogen-bond donors (Lipinski definition) is 0. The zero-order valence-electron chi connectivity index (χ0n) is 15.0. The van der Waals surface area contributed by atoms with E-state index in [1.165, 1.54) is 4.31 Å². The molecule has 26 heavy (non-hydrogen) atoms. The van der Waals surface area contributed by atoms with E-state index in [-0.39, 0.29) is 17.3 Å². The maximum absolute atomic E-state index is 13.3. The smallest absolute Gasteiger partial charge is 0.264 e. The summed E-state index contributed by atoms with van der Waals surface area (Å²) in [5.41, 5.74) is 1.36. The van der Waals surface area contributed by atoms with Crippen molar-refractivity contribution in [3.63, 3.8) is 0 Å². The lowest BCUT2D eigenvalue weighted by Gasteiger charge is -2.31. The predicted molar refractivity (Wildman–Crippen MR) is 103 cm³/mol. The third-order valence-corrected chi connectivity index (χ3v) is 6.48. The molecule has 0 aromatic heterocycles. The molecule has 0 atom stereocenters. The highest BCUT2D eigenvalue weighted by atomic mass is 32.2. The van der Waals surface area contributed by atoms with Crippen molar-refractivity contribution >= 4 is 21.6 Å². The van der Waals surface area contributed by atoms with Gasteiger partial charge in [0.25, 0.3) is 10.0 Å². The number of para-hydroxylation sites is 1. The van der Waals surface area contributed by atoms with Crippen molar-refractivity contribution in [1.82, 2.24) is 4.90 Å². The minimum Gasteiger partial charge on any atom is -0.341 e. The molecule has 0 unspecified atom stereocenters. The Morgan fingerprint density at radius 2 is 1.58 bits per heavy atom. The standard InChI is InChI=1S/C20H24N2O3S/c1-17-10-6-7-13-19(17)22(16-20(23)21-14-8-3-9-15-21)26(24,25)18-11-4-2-5-12-18/h2,4-7,10-13H,3,8-9,14-16H2,1H3. The Balaban J connectivity index is 1.97. The van der Waals surface area contributed by atoms with Crippen LogP contribution in [0.2, 0.25) is 0 Å². The number of hydrogen-bond acceptors (Lipinski definition) is 3. The summed E-state index contributed by atoms with van der Waals surface area (Å²) in [6.45, 7) is 3.08. The fourth-order valence-corrected chi connectivity index (χ4v) is 4.73. The summed E-state index contributed by atoms with van der Waals surface area (Å²) < 4.78 is 27.8. The molecule has 0 radical (unpaired) electrons. The molecule has 1 aliphatic rings. The van der Waals surface area contributed by atoms with Crippen LogP contribution in [-0.2, 0) is 14.8 Å². The Labute approximate surface area is 155 Å². The van der Waals surface area contributed by atoms with Gasteiger partial charge < -0.3 is 4.90 Å². The lowest BCUT2D eigenvalue weighted by Crippen LogP contribution is -2.45. The molecule has 0 saturated carbocycles. The van der Waals surface area contributed by atoms with Crippen molar-refractivity contribution in [1.29, 1.82) is 0 Å². The van der Waals surface area contributed by atoms with E-state index in [0.717, 1.165) is 24.8 Å². The molecular formula is C20H24N2O3S. The van der Waals surface area contributed by atoms with Crippen molar-refractivity contribution < 1.29 is 13.2 Å². The molecule has 1 heterocycles. The Hall–Kier alpha value is -2.34. The molecule has 1 aliphatic heterocycles. The average Bonchev–Trinajstić information content (AvgIpc) is 2.68. The number of amides is 1. The van der Waals surface area contributed by atoms with Gasteiger partial charge in [0.15, 0.2) is 0 Å². The van der Waals surface area contributed by atoms with Crippen LogP contribution in [0.5, 0.6) is 0 Å². The number of carbonyl (C=O) groups excluding carboxylic acids is 1. The molecule has 2 aromatic rings. The molecule has 5 nitrogen and oxygen atoms in total. The fraction of sp³-hybridized carbons (Fsp3) is 0.350. The van der Waals surface area contributed by atoms with Gasteiger partial charge in [-0.25, -0.2) is 8.42 Å². The summed E-state index contributed by atoms with van der Waals surface area (Å²) in [7, 11) is -3.82. The number of piperidine rings is 1. The van der Waals surface area contributed by atoms with E-state index in [1.807, 2.05) is 19.1 Å². The van der Waals surface area contributed by atoms with Gasteiger partial charge in [0, 0.05) is 13.1 Å². The summed E-state index contributed by atoms with van der Waals surface area (Å²) in [6.07, 6.45) is 3.07. The Kier molecular flexibility index (Phi) is 5.61. The quantitative estimate of drug-likeness (QED) is 0.810. The van der Waals surface area contributed by atoms with E-state index in [1.54, 1.807) is 47.4 Å². The number of aryl methyl sites for hydroxylation is 1. The first-order chi connectivity index (χ1) is 12.5. The SMILES string of the molecule is Cc1ccccc1N(CC(=O)N1CCCCC1)S(=O)(=O)c1ccccc1. The normalized spacial score (nSPS) is 14.9. The van der Waals surface area contributed by atoms with Crippen LogP contribution in [0.1, 0.15) is 24.8 Å². The van der Waals surface area contributed by atoms with E-state index in [9.17, 15) is 13.2 Å². The topological polar surface area (TPSA) is 57.7 Å². The minimum absolute atomic E-state index is 0.146. The number of likely N-dealkylation sites (tertiary alicyclic amines) is 1. The summed E-state index contributed by atoms with van der Waals surface area (Å²) >= 11 is 0. The summed E-state index contributed by atoms with van der Waals surface area (Å²) in [5.74, 6) is -0.146. The molecule has 0 N–H and O–H groups in total. The molecule has 3 rings (SSSR count). The Morgan fingerprint density at radius 1 is 0.962 bits per heavy atom. The number of sulfonamides is 1. The van der Waals surface area contributed by atoms with Crippen LogP contribution < -0.4 is 4.31 Å². The van der Waals surface area contributed by atoms with E-state index in [2.05, 4.69) is 0 Å². The van der Waals surface area contributed by atoms with Crippen LogP contribution in [0, 0.1) is 6.92 Å². The van der Waals surface area contributed by atoms with Gasteiger partial charge in [-0.1, -0.05) is 36.4 Å². The van der Waals surface area contributed by atoms with Crippen LogP contribution in [0.3, 0.4) is 0 Å². The van der Waals surface area contributed by atoms with Crippen molar-refractivity contribution in [3.8, 4) is 0 Å². The highest BCUT2D eigenvalue weighted by molar-refractivity contribution is 7.92. The van der Waals surface area contributed by atoms with Crippen molar-refractivity contribution in [2.24, 2.45) is 0 Å². The first-order valence-electron chi connectivity index (χ1n) is 8.91. The lowest BCUT2D eigenvalue weighted by molar-refractivity contribution is -0.130. The monoisotopic (exact) mass is 372 g/mol. The largest absolute Gasteiger partial charge is 0.341 e. The van der Waals surface area contributed by atoms with Gasteiger partial charge in [0.1, 0.15) is 6.54 Å². The van der Waals surface area contributed by atoms with E-state index < -0.39 is 10.0 Å². The second kappa shape index (κ2) is 7.91. The van der Waals surface area contributed by atoms with Crippen molar-refractivity contribution in [2.45, 2.75) is 31.1 Å². The summed E-state index contributed by atoms with van der Waals surface area (Å²) in [4.78, 5) is 14.8. The third-order valence-electron chi connectivity index (χ3n) is 4.70. The van der Waals surface area contributed by atoms with E-state index >= 15 is 0 Å². The lowest BCUT2D eigenvalue weighted by atomic mass is 10.1. The number of nitrogens with zero attached hydrogens (tertiary/aromatic N) is 2. The molecule has 1 fully saturated rings. The van der Waals surface area contributed by atoms with E-state index in [0.29, 0.717) is 18.8 Å². The van der Waals surface area contributed by atoms with Gasteiger partial charge in [-0.3, -0.25) is 9.10 Å². The molecule has 0 aliphatic carbocycles. The first-order valence-corrected chi connectivity index (χ1v) is 10.4. The molecule has 1 saturated heterocycles. The first kappa shape index (κ1) is 18.5. The predicted octanol–water partition coefficient (Wildman–Crippen LogP) is 3.20. The van der Waals surface area contributed by atoms with Gasteiger partial charge >= 0.3 is 0 Å². The number of rotatable bonds is 5. The summed E-state index contributed by atoms with van der Waals surface area (Å²) in [6, 6.07) is 15.5. The highest BCUT2D eigenvalue weighted by Crippen LogP contribution is 2.27. The van der Waals surface area contributed by atoms with Crippen LogP contribution in [0.15, 0.2) is 59.5 Å². The second-order valence-corrected chi connectivity index (χ2v) is 8.41. The number of carbonyl (C=O) groups is 1. The van der Waals surface area contributed by atoms with Crippen LogP contribution in [0.4, 0.5) is 5.69 Å². The fourth-order valence-electron chi connectivity index (χ4n) is 3.23. The van der Waals surface area contributed by atoms with Gasteiger partial charge in [-0.15, -0.1) is 0 Å². The van der Waals surface area contributed by atoms with Gasteiger partial charge in [-0.05, 0) is 49.9 Å². The molecule has 0 spiro atoms. The molecule has 6 heteroatoms. The zero-order chi connectivity index (χ0) is 18.6. The molecule has 1 amide bonds. The molecule has 2 aromatic carbocycles. The Bertz CT molecular complexity index is 860. The van der Waals surface area contributed by atoms with Crippen LogP contribution >= 0.6 is 0 Å². The number of anilines is 1. The third kappa shape index (κ3) is 3.90. The second-order valence-electron chi connectivity index (χ2n) is 6.55. The maximum Gasteiger partial charge on any atom is 0.264 e. The molecule has 0 bridgehead atoms. The minimum atomic E-state index is -3.82. The van der Waals surface area contributed by atoms with Crippen molar-refractivity contribution in [3.05, 3.63) is 60.2 Å². The van der Waals surface area contributed by atoms with Gasteiger partial charge in [-0.2, -0.15) is 0 Å². The molecular weight excluding hydrogens is 348 g/mol. The Morgan fingerprint density at radius 3 is 2.23 bits per heavy atom. The van der Waals surface area contributed by atoms with Gasteiger partial charge in [0.2, 0.25) is 5.91 Å². The molecule has 138 valence electrons. The highest BCUT2D eigenvalue weighted by Gasteiger charge is 2.30. The average molecular weight is 372 g/mol.